The van der Waals surface area contributed by atoms with Crippen molar-refractivity contribution in [3.05, 3.63) is 64.8 Å². The summed E-state index contributed by atoms with van der Waals surface area (Å²) in [5.41, 5.74) is 0. The highest BCUT2D eigenvalue weighted by Crippen LogP contribution is 2.28. The summed E-state index contributed by atoms with van der Waals surface area (Å²) in [5, 5.41) is 5.80. The van der Waals surface area contributed by atoms with Crippen molar-refractivity contribution in [1.29, 1.82) is 0 Å². The van der Waals surface area contributed by atoms with Gasteiger partial charge in [0.1, 0.15) is 17.6 Å². The van der Waals surface area contributed by atoms with Gasteiger partial charge in [0.2, 0.25) is 0 Å². The fourth-order valence-electron chi connectivity index (χ4n) is 2.49. The van der Waals surface area contributed by atoms with Crippen LogP contribution >= 0.6 is 11.3 Å². The molecule has 2 atom stereocenters. The Bertz CT molecular complexity index is 658. The fraction of sp³-hybridized carbons (Fsp3) is 0.312. The zero-order valence-electron chi connectivity index (χ0n) is 12.2. The van der Waals surface area contributed by atoms with Gasteiger partial charge in [0.25, 0.3) is 0 Å². The Morgan fingerprint density at radius 1 is 1.38 bits per heavy atom. The lowest BCUT2D eigenvalue weighted by atomic mass is 10.1. The summed E-state index contributed by atoms with van der Waals surface area (Å²) in [6.07, 6.45) is 6.50. The van der Waals surface area contributed by atoms with Crippen molar-refractivity contribution in [2.45, 2.75) is 25.4 Å². The summed E-state index contributed by atoms with van der Waals surface area (Å²) >= 11 is 1.78. The zero-order chi connectivity index (χ0) is 14.7. The highest BCUT2D eigenvalue weighted by molar-refractivity contribution is 7.10. The molecular formula is C16H19N3OS. The first-order valence-corrected chi connectivity index (χ1v) is 7.97. The van der Waals surface area contributed by atoms with Crippen molar-refractivity contribution in [2.24, 2.45) is 7.05 Å². The van der Waals surface area contributed by atoms with Gasteiger partial charge >= 0.3 is 0 Å². The van der Waals surface area contributed by atoms with E-state index in [4.69, 9.17) is 4.42 Å². The number of aromatic nitrogens is 2. The van der Waals surface area contributed by atoms with Gasteiger partial charge in [0.15, 0.2) is 0 Å². The highest BCUT2D eigenvalue weighted by atomic mass is 32.1. The van der Waals surface area contributed by atoms with Crippen LogP contribution in [0.2, 0.25) is 0 Å². The maximum Gasteiger partial charge on any atom is 0.133 e. The molecule has 4 nitrogen and oxygen atoms in total. The van der Waals surface area contributed by atoms with Crippen molar-refractivity contribution in [2.75, 3.05) is 0 Å². The first kappa shape index (κ1) is 14.1. The molecule has 0 saturated heterocycles. The molecule has 0 amide bonds. The number of hydrogen-bond donors (Lipinski definition) is 1. The van der Waals surface area contributed by atoms with Crippen molar-refractivity contribution in [3.8, 4) is 0 Å². The fourth-order valence-corrected chi connectivity index (χ4v) is 3.36. The van der Waals surface area contributed by atoms with Gasteiger partial charge in [0.05, 0.1) is 6.26 Å². The van der Waals surface area contributed by atoms with Crippen LogP contribution in [0, 0.1) is 0 Å². The lowest BCUT2D eigenvalue weighted by molar-refractivity contribution is 0.390. The smallest absolute Gasteiger partial charge is 0.133 e. The average molecular weight is 301 g/mol. The van der Waals surface area contributed by atoms with Gasteiger partial charge in [-0.05, 0) is 30.0 Å². The third kappa shape index (κ3) is 2.94. The summed E-state index contributed by atoms with van der Waals surface area (Å²) in [6.45, 7) is 2.19. The van der Waals surface area contributed by atoms with Gasteiger partial charge in [-0.1, -0.05) is 13.0 Å². The summed E-state index contributed by atoms with van der Waals surface area (Å²) < 4.78 is 7.65. The van der Waals surface area contributed by atoms with E-state index in [-0.39, 0.29) is 12.1 Å². The maximum absolute atomic E-state index is 5.62. The molecule has 1 N–H and O–H groups in total. The van der Waals surface area contributed by atoms with Crippen molar-refractivity contribution >= 4 is 11.3 Å². The quantitative estimate of drug-likeness (QED) is 0.751. The molecular weight excluding hydrogens is 282 g/mol. The molecule has 0 aliphatic heterocycles. The summed E-state index contributed by atoms with van der Waals surface area (Å²) in [6, 6.07) is 8.41. The van der Waals surface area contributed by atoms with Crippen LogP contribution < -0.4 is 5.32 Å². The van der Waals surface area contributed by atoms with Gasteiger partial charge in [-0.2, -0.15) is 0 Å². The molecule has 21 heavy (non-hydrogen) atoms. The molecule has 3 aromatic heterocycles. The molecule has 110 valence electrons. The SMILES string of the molecule is CCC(NC(c1ccco1)c1nccn1C)c1cccs1. The molecule has 0 aromatic carbocycles. The van der Waals surface area contributed by atoms with E-state index >= 15 is 0 Å². The summed E-state index contributed by atoms with van der Waals surface area (Å²) in [4.78, 5) is 5.82. The van der Waals surface area contributed by atoms with Gasteiger partial charge < -0.3 is 8.98 Å². The van der Waals surface area contributed by atoms with Crippen LogP contribution in [0.4, 0.5) is 0 Å². The number of rotatable bonds is 6. The monoisotopic (exact) mass is 301 g/mol. The highest BCUT2D eigenvalue weighted by Gasteiger charge is 2.24. The van der Waals surface area contributed by atoms with Crippen LogP contribution in [0.25, 0.3) is 0 Å². The molecule has 3 rings (SSSR count). The minimum atomic E-state index is -0.0490. The second kappa shape index (κ2) is 6.28. The molecule has 3 aromatic rings. The summed E-state index contributed by atoms with van der Waals surface area (Å²) in [7, 11) is 2.01. The molecule has 3 heterocycles. The standard InChI is InChI=1S/C16H19N3OS/c1-3-12(14-7-5-11-21-14)18-15(13-6-4-10-20-13)16-17-8-9-19(16)2/h4-12,15,18H,3H2,1-2H3. The predicted octanol–water partition coefficient (Wildman–Crippen LogP) is 3.90. The van der Waals surface area contributed by atoms with Gasteiger partial charge in [-0.15, -0.1) is 11.3 Å². The Morgan fingerprint density at radius 2 is 2.29 bits per heavy atom. The number of furan rings is 1. The molecule has 0 aliphatic rings. The first-order valence-electron chi connectivity index (χ1n) is 7.09. The Labute approximate surface area is 128 Å². The van der Waals surface area contributed by atoms with E-state index in [1.807, 2.05) is 36.1 Å². The normalized spacial score (nSPS) is 14.2. The van der Waals surface area contributed by atoms with Crippen LogP contribution in [-0.2, 0) is 7.05 Å². The van der Waals surface area contributed by atoms with Crippen molar-refractivity contribution in [3.63, 3.8) is 0 Å². The number of nitrogens with one attached hydrogen (secondary N) is 1. The van der Waals surface area contributed by atoms with Crippen molar-refractivity contribution < 1.29 is 4.42 Å². The number of thiophene rings is 1. The average Bonchev–Trinajstić information content (AvgIpc) is 3.21. The van der Waals surface area contributed by atoms with E-state index in [0.29, 0.717) is 0 Å². The minimum absolute atomic E-state index is 0.0490. The van der Waals surface area contributed by atoms with E-state index in [0.717, 1.165) is 18.0 Å². The largest absolute Gasteiger partial charge is 0.467 e. The van der Waals surface area contributed by atoms with E-state index in [9.17, 15) is 0 Å². The maximum atomic E-state index is 5.62. The second-order valence-electron chi connectivity index (χ2n) is 4.99. The zero-order valence-corrected chi connectivity index (χ0v) is 13.0. The molecule has 0 fully saturated rings. The predicted molar refractivity (Wildman–Crippen MR) is 84.2 cm³/mol. The molecule has 0 saturated carbocycles. The van der Waals surface area contributed by atoms with Crippen LogP contribution in [0.5, 0.6) is 0 Å². The van der Waals surface area contributed by atoms with Crippen LogP contribution in [0.15, 0.2) is 52.7 Å². The number of aryl methyl sites for hydroxylation is 1. The van der Waals surface area contributed by atoms with Gasteiger partial charge in [0, 0.05) is 30.4 Å². The second-order valence-corrected chi connectivity index (χ2v) is 5.97. The minimum Gasteiger partial charge on any atom is -0.467 e. The third-order valence-electron chi connectivity index (χ3n) is 3.61. The summed E-state index contributed by atoms with van der Waals surface area (Å²) in [5.74, 6) is 1.85. The van der Waals surface area contributed by atoms with E-state index in [2.05, 4.69) is 34.7 Å². The Morgan fingerprint density at radius 3 is 2.86 bits per heavy atom. The third-order valence-corrected chi connectivity index (χ3v) is 4.59. The molecule has 0 radical (unpaired) electrons. The van der Waals surface area contributed by atoms with Gasteiger partial charge in [-0.3, -0.25) is 5.32 Å². The lowest BCUT2D eigenvalue weighted by Gasteiger charge is -2.23. The van der Waals surface area contributed by atoms with Gasteiger partial charge in [-0.25, -0.2) is 4.98 Å². The Balaban J connectivity index is 1.91. The first-order chi connectivity index (χ1) is 10.3. The van der Waals surface area contributed by atoms with E-state index in [1.54, 1.807) is 17.6 Å². The van der Waals surface area contributed by atoms with E-state index in [1.165, 1.54) is 4.88 Å². The molecule has 0 aliphatic carbocycles. The molecule has 5 heteroatoms. The van der Waals surface area contributed by atoms with Crippen LogP contribution in [0.3, 0.4) is 0 Å². The molecule has 0 spiro atoms. The Hall–Kier alpha value is -1.85. The van der Waals surface area contributed by atoms with Crippen LogP contribution in [0.1, 0.15) is 41.9 Å². The van der Waals surface area contributed by atoms with Crippen LogP contribution in [-0.4, -0.2) is 9.55 Å². The molecule has 0 bridgehead atoms. The van der Waals surface area contributed by atoms with E-state index < -0.39 is 0 Å². The molecule has 2 unspecified atom stereocenters. The number of nitrogens with zero attached hydrogens (tertiary/aromatic N) is 2. The lowest BCUT2D eigenvalue weighted by Crippen LogP contribution is -2.28. The Kier molecular flexibility index (Phi) is 4.22. The number of imidazole rings is 1. The number of hydrogen-bond acceptors (Lipinski definition) is 4. The van der Waals surface area contributed by atoms with Crippen molar-refractivity contribution in [1.82, 2.24) is 14.9 Å². The topological polar surface area (TPSA) is 43.0 Å².